The van der Waals surface area contributed by atoms with Gasteiger partial charge in [0.25, 0.3) is 5.91 Å². The lowest BCUT2D eigenvalue weighted by molar-refractivity contribution is 0.102. The monoisotopic (exact) mass is 345 g/mol. The molecular formula is C15H12ClN5OS. The summed E-state index contributed by atoms with van der Waals surface area (Å²) in [7, 11) is 1.86. The molecule has 0 spiro atoms. The molecule has 116 valence electrons. The van der Waals surface area contributed by atoms with Crippen molar-refractivity contribution in [1.82, 2.24) is 19.7 Å². The van der Waals surface area contributed by atoms with Gasteiger partial charge in [-0.05, 0) is 42.1 Å². The molecule has 0 aliphatic heterocycles. The first-order valence-electron chi connectivity index (χ1n) is 6.66. The van der Waals surface area contributed by atoms with E-state index >= 15 is 0 Å². The molecule has 1 aromatic carbocycles. The summed E-state index contributed by atoms with van der Waals surface area (Å²) in [5.74, 6) is -0.211. The van der Waals surface area contributed by atoms with Crippen LogP contribution in [0.1, 0.15) is 10.4 Å². The number of rotatable bonds is 4. The van der Waals surface area contributed by atoms with Crippen LogP contribution in [0, 0.1) is 0 Å². The summed E-state index contributed by atoms with van der Waals surface area (Å²) in [5.41, 5.74) is 1.16. The number of carbonyl (C=O) groups is 1. The third-order valence-electron chi connectivity index (χ3n) is 3.00. The predicted octanol–water partition coefficient (Wildman–Crippen LogP) is 3.27. The van der Waals surface area contributed by atoms with Gasteiger partial charge in [-0.2, -0.15) is 0 Å². The molecule has 0 saturated heterocycles. The molecule has 0 fully saturated rings. The largest absolute Gasteiger partial charge is 0.322 e. The maximum Gasteiger partial charge on any atom is 0.255 e. The zero-order valence-electron chi connectivity index (χ0n) is 12.1. The van der Waals surface area contributed by atoms with Crippen molar-refractivity contribution in [3.8, 4) is 0 Å². The van der Waals surface area contributed by atoms with Crippen molar-refractivity contribution in [3.05, 3.63) is 59.6 Å². The molecular weight excluding hydrogens is 334 g/mol. The van der Waals surface area contributed by atoms with Crippen LogP contribution in [-0.2, 0) is 7.05 Å². The Labute approximate surface area is 141 Å². The molecule has 3 aromatic rings. The minimum Gasteiger partial charge on any atom is -0.322 e. The van der Waals surface area contributed by atoms with Crippen LogP contribution < -0.4 is 5.32 Å². The summed E-state index contributed by atoms with van der Waals surface area (Å²) < 4.78 is 1.81. The van der Waals surface area contributed by atoms with Gasteiger partial charge in [0, 0.05) is 35.6 Å². The molecule has 6 nitrogen and oxygen atoms in total. The van der Waals surface area contributed by atoms with Gasteiger partial charge in [0.15, 0.2) is 5.16 Å². The van der Waals surface area contributed by atoms with Crippen molar-refractivity contribution < 1.29 is 4.79 Å². The van der Waals surface area contributed by atoms with E-state index in [-0.39, 0.29) is 5.91 Å². The quantitative estimate of drug-likeness (QED) is 0.785. The fourth-order valence-electron chi connectivity index (χ4n) is 1.83. The Balaban J connectivity index is 1.74. The molecule has 0 unspecified atom stereocenters. The van der Waals surface area contributed by atoms with Crippen LogP contribution in [-0.4, -0.2) is 25.7 Å². The highest BCUT2D eigenvalue weighted by Gasteiger charge is 2.10. The Kier molecular flexibility index (Phi) is 4.59. The van der Waals surface area contributed by atoms with Crippen molar-refractivity contribution in [1.29, 1.82) is 0 Å². The fraction of sp³-hybridized carbons (Fsp3) is 0.0667. The van der Waals surface area contributed by atoms with E-state index in [9.17, 15) is 4.79 Å². The molecule has 0 saturated carbocycles. The van der Waals surface area contributed by atoms with Crippen molar-refractivity contribution >= 4 is 35.0 Å². The summed E-state index contributed by atoms with van der Waals surface area (Å²) in [6.07, 6.45) is 4.77. The zero-order chi connectivity index (χ0) is 16.2. The number of anilines is 1. The first-order valence-corrected chi connectivity index (χ1v) is 7.86. The van der Waals surface area contributed by atoms with E-state index in [4.69, 9.17) is 11.6 Å². The predicted molar refractivity (Wildman–Crippen MR) is 88.8 cm³/mol. The summed E-state index contributed by atoms with van der Waals surface area (Å²) in [5, 5.41) is 11.9. The molecule has 0 bridgehead atoms. The molecule has 3 rings (SSSR count). The van der Waals surface area contributed by atoms with Gasteiger partial charge in [0.2, 0.25) is 0 Å². The van der Waals surface area contributed by atoms with Gasteiger partial charge in [-0.1, -0.05) is 11.6 Å². The fourth-order valence-corrected chi connectivity index (χ4v) is 2.90. The number of benzene rings is 1. The molecule has 0 radical (unpaired) electrons. The number of halogens is 1. The van der Waals surface area contributed by atoms with E-state index in [1.807, 2.05) is 13.1 Å². The first-order chi connectivity index (χ1) is 11.1. The second-order valence-electron chi connectivity index (χ2n) is 4.66. The highest BCUT2D eigenvalue weighted by Crippen LogP contribution is 2.33. The highest BCUT2D eigenvalue weighted by atomic mass is 35.5. The van der Waals surface area contributed by atoms with Crippen LogP contribution in [0.5, 0.6) is 0 Å². The summed E-state index contributed by atoms with van der Waals surface area (Å²) >= 11 is 7.70. The smallest absolute Gasteiger partial charge is 0.255 e. The second-order valence-corrected chi connectivity index (χ2v) is 6.08. The number of hydrogen-bond acceptors (Lipinski definition) is 5. The summed E-state index contributed by atoms with van der Waals surface area (Å²) in [6, 6.07) is 8.64. The van der Waals surface area contributed by atoms with Crippen LogP contribution in [0.4, 0.5) is 5.69 Å². The minimum absolute atomic E-state index is 0.211. The third kappa shape index (κ3) is 3.69. The molecule has 8 heteroatoms. The average molecular weight is 346 g/mol. The third-order valence-corrected chi connectivity index (χ3v) is 4.56. The van der Waals surface area contributed by atoms with Gasteiger partial charge >= 0.3 is 0 Å². The Bertz CT molecular complexity index is 837. The van der Waals surface area contributed by atoms with Crippen LogP contribution in [0.15, 0.2) is 59.1 Å². The first kappa shape index (κ1) is 15.5. The highest BCUT2D eigenvalue weighted by molar-refractivity contribution is 7.99. The van der Waals surface area contributed by atoms with E-state index in [0.29, 0.717) is 16.3 Å². The molecule has 0 atom stereocenters. The number of aromatic nitrogens is 4. The SMILES string of the molecule is Cn1cnnc1Sc1ccc(NC(=O)c2ccncc2)cc1Cl. The standard InChI is InChI=1S/C15H12ClN5OS/c1-21-9-18-20-15(21)23-13-3-2-11(8-12(13)16)19-14(22)10-4-6-17-7-5-10/h2-9H,1H3,(H,19,22). The van der Waals surface area contributed by atoms with Gasteiger partial charge in [-0.15, -0.1) is 10.2 Å². The Morgan fingerprint density at radius 2 is 2.04 bits per heavy atom. The van der Waals surface area contributed by atoms with Crippen molar-refractivity contribution in [2.45, 2.75) is 10.1 Å². The number of carbonyl (C=O) groups excluding carboxylic acids is 1. The van der Waals surface area contributed by atoms with Gasteiger partial charge in [-0.3, -0.25) is 9.78 Å². The van der Waals surface area contributed by atoms with E-state index in [0.717, 1.165) is 10.1 Å². The van der Waals surface area contributed by atoms with E-state index in [1.165, 1.54) is 11.8 Å². The van der Waals surface area contributed by atoms with Crippen molar-refractivity contribution in [2.75, 3.05) is 5.32 Å². The Morgan fingerprint density at radius 1 is 1.26 bits per heavy atom. The number of pyridine rings is 1. The molecule has 1 amide bonds. The van der Waals surface area contributed by atoms with Gasteiger partial charge in [0.05, 0.1) is 5.02 Å². The normalized spacial score (nSPS) is 10.5. The lowest BCUT2D eigenvalue weighted by Gasteiger charge is -2.08. The van der Waals surface area contributed by atoms with Crippen molar-refractivity contribution in [2.24, 2.45) is 7.05 Å². The molecule has 0 aliphatic rings. The minimum atomic E-state index is -0.211. The summed E-state index contributed by atoms with van der Waals surface area (Å²) in [6.45, 7) is 0. The van der Waals surface area contributed by atoms with Gasteiger partial charge in [-0.25, -0.2) is 0 Å². The number of nitrogens with one attached hydrogen (secondary N) is 1. The maximum atomic E-state index is 12.1. The average Bonchev–Trinajstić information content (AvgIpc) is 2.96. The van der Waals surface area contributed by atoms with Crippen LogP contribution in [0.2, 0.25) is 5.02 Å². The van der Waals surface area contributed by atoms with Gasteiger partial charge < -0.3 is 9.88 Å². The Morgan fingerprint density at radius 3 is 2.70 bits per heavy atom. The van der Waals surface area contributed by atoms with Crippen LogP contribution >= 0.6 is 23.4 Å². The molecule has 0 aliphatic carbocycles. The maximum absolute atomic E-state index is 12.1. The Hall–Kier alpha value is -2.38. The summed E-state index contributed by atoms with van der Waals surface area (Å²) in [4.78, 5) is 16.8. The zero-order valence-corrected chi connectivity index (χ0v) is 13.7. The molecule has 2 heterocycles. The topological polar surface area (TPSA) is 72.7 Å². The van der Waals surface area contributed by atoms with Crippen LogP contribution in [0.25, 0.3) is 0 Å². The van der Waals surface area contributed by atoms with E-state index < -0.39 is 0 Å². The van der Waals surface area contributed by atoms with Crippen molar-refractivity contribution in [3.63, 3.8) is 0 Å². The molecule has 2 aromatic heterocycles. The lowest BCUT2D eigenvalue weighted by atomic mass is 10.2. The second kappa shape index (κ2) is 6.80. The number of nitrogens with zero attached hydrogens (tertiary/aromatic N) is 4. The molecule has 1 N–H and O–H groups in total. The van der Waals surface area contributed by atoms with Crippen LogP contribution in [0.3, 0.4) is 0 Å². The number of aryl methyl sites for hydroxylation is 1. The number of hydrogen-bond donors (Lipinski definition) is 1. The lowest BCUT2D eigenvalue weighted by Crippen LogP contribution is -2.11. The van der Waals surface area contributed by atoms with Gasteiger partial charge in [0.1, 0.15) is 6.33 Å². The van der Waals surface area contributed by atoms with E-state index in [1.54, 1.807) is 47.6 Å². The van der Waals surface area contributed by atoms with E-state index in [2.05, 4.69) is 20.5 Å². The molecule has 23 heavy (non-hydrogen) atoms. The number of amides is 1.